The van der Waals surface area contributed by atoms with Crippen LogP contribution >= 0.6 is 0 Å². The number of aromatic amines is 1. The Morgan fingerprint density at radius 2 is 1.97 bits per heavy atom. The van der Waals surface area contributed by atoms with Gasteiger partial charge in [-0.1, -0.05) is 19.9 Å². The molecule has 0 radical (unpaired) electrons. The molecule has 1 aliphatic rings. The highest BCUT2D eigenvalue weighted by molar-refractivity contribution is 5.75. The minimum absolute atomic E-state index is 0.176. The fourth-order valence-corrected chi connectivity index (χ4v) is 4.10. The van der Waals surface area contributed by atoms with Gasteiger partial charge in [0.15, 0.2) is 5.65 Å². The van der Waals surface area contributed by atoms with Crippen LogP contribution < -0.4 is 11.2 Å². The molecule has 33 heavy (non-hydrogen) atoms. The number of hydrogen-bond acceptors (Lipinski definition) is 4. The Morgan fingerprint density at radius 1 is 1.21 bits per heavy atom. The molecule has 3 heterocycles. The van der Waals surface area contributed by atoms with Crippen LogP contribution in [0, 0.1) is 5.92 Å². The van der Waals surface area contributed by atoms with E-state index in [1.807, 2.05) is 6.92 Å². The molecule has 0 saturated carbocycles. The van der Waals surface area contributed by atoms with Crippen molar-refractivity contribution in [2.45, 2.75) is 59.4 Å². The smallest absolute Gasteiger partial charge is 0.332 e. The zero-order valence-electron chi connectivity index (χ0n) is 18.6. The van der Waals surface area contributed by atoms with E-state index >= 15 is 0 Å². The van der Waals surface area contributed by atoms with Gasteiger partial charge in [-0.3, -0.25) is 18.6 Å². The summed E-state index contributed by atoms with van der Waals surface area (Å²) in [6, 6.07) is 0. The molecule has 0 amide bonds. The van der Waals surface area contributed by atoms with E-state index in [4.69, 9.17) is 0 Å². The zero-order chi connectivity index (χ0) is 23.9. The summed E-state index contributed by atoms with van der Waals surface area (Å²) in [5.41, 5.74) is 0.217. The van der Waals surface area contributed by atoms with E-state index in [0.717, 1.165) is 0 Å². The first kappa shape index (κ1) is 22.8. The number of imidazole rings is 1. The molecule has 11 heteroatoms. The summed E-state index contributed by atoms with van der Waals surface area (Å²) >= 11 is 0. The molecule has 0 spiro atoms. The van der Waals surface area contributed by atoms with E-state index in [9.17, 15) is 22.8 Å². The highest BCUT2D eigenvalue weighted by Crippen LogP contribution is 2.37. The zero-order valence-corrected chi connectivity index (χ0v) is 18.6. The normalized spacial score (nSPS) is 16.8. The molecule has 1 aliphatic carbocycles. The van der Waals surface area contributed by atoms with Crippen LogP contribution in [0.3, 0.4) is 0 Å². The highest BCUT2D eigenvalue weighted by atomic mass is 19.4. The molecule has 0 aliphatic heterocycles. The molecule has 0 fully saturated rings. The molecule has 1 N–H and O–H groups in total. The SMILES string of the molecule is CCCn1c(=O)c2[nH]c(-c3cnn(CC4=CCC(C)C(C(F)(F)F)=C4)c3)nc2n(CC)c1=O. The Morgan fingerprint density at radius 3 is 2.64 bits per heavy atom. The fourth-order valence-electron chi connectivity index (χ4n) is 4.10. The van der Waals surface area contributed by atoms with Crippen LogP contribution in [0.5, 0.6) is 0 Å². The predicted octanol–water partition coefficient (Wildman–Crippen LogP) is 3.63. The Hall–Kier alpha value is -3.37. The quantitative estimate of drug-likeness (QED) is 0.606. The van der Waals surface area contributed by atoms with Gasteiger partial charge < -0.3 is 4.98 Å². The van der Waals surface area contributed by atoms with Gasteiger partial charge in [-0.2, -0.15) is 18.3 Å². The summed E-state index contributed by atoms with van der Waals surface area (Å²) < 4.78 is 43.9. The predicted molar refractivity (Wildman–Crippen MR) is 118 cm³/mol. The lowest BCUT2D eigenvalue weighted by molar-refractivity contribution is -0.0985. The van der Waals surface area contributed by atoms with Gasteiger partial charge in [-0.05, 0) is 37.3 Å². The van der Waals surface area contributed by atoms with Gasteiger partial charge in [0.2, 0.25) is 0 Å². The number of hydrogen-bond donors (Lipinski definition) is 1. The second-order valence-corrected chi connectivity index (χ2v) is 8.21. The van der Waals surface area contributed by atoms with Crippen molar-refractivity contribution < 1.29 is 13.2 Å². The number of nitrogens with zero attached hydrogens (tertiary/aromatic N) is 5. The number of nitrogens with one attached hydrogen (secondary N) is 1. The van der Waals surface area contributed by atoms with Gasteiger partial charge >= 0.3 is 11.9 Å². The Balaban J connectivity index is 1.67. The van der Waals surface area contributed by atoms with E-state index in [0.29, 0.717) is 42.9 Å². The van der Waals surface area contributed by atoms with Crippen LogP contribution in [0.15, 0.2) is 45.3 Å². The maximum Gasteiger partial charge on any atom is 0.412 e. The molecule has 0 bridgehead atoms. The average Bonchev–Trinajstić information content (AvgIpc) is 3.39. The third-order valence-corrected chi connectivity index (χ3v) is 5.81. The minimum Gasteiger partial charge on any atom is -0.332 e. The molecule has 3 aromatic heterocycles. The first-order valence-corrected chi connectivity index (χ1v) is 10.9. The topological polar surface area (TPSA) is 90.5 Å². The van der Waals surface area contributed by atoms with Crippen LogP contribution in [0.25, 0.3) is 22.6 Å². The van der Waals surface area contributed by atoms with Gasteiger partial charge in [0, 0.05) is 24.9 Å². The molecule has 3 aromatic rings. The van der Waals surface area contributed by atoms with Gasteiger partial charge in [0.25, 0.3) is 5.56 Å². The number of halogens is 3. The maximum atomic E-state index is 13.2. The van der Waals surface area contributed by atoms with E-state index in [2.05, 4.69) is 15.1 Å². The number of aromatic nitrogens is 6. The number of allylic oxidation sites excluding steroid dienone is 4. The molecule has 1 unspecified atom stereocenters. The fraction of sp³-hybridized carbons (Fsp3) is 0.455. The van der Waals surface area contributed by atoms with Crippen molar-refractivity contribution in [2.24, 2.45) is 5.92 Å². The van der Waals surface area contributed by atoms with Crippen molar-refractivity contribution in [1.82, 2.24) is 28.9 Å². The lowest BCUT2D eigenvalue weighted by Crippen LogP contribution is -2.39. The number of aryl methyl sites for hydroxylation is 1. The molecular weight excluding hydrogens is 437 g/mol. The van der Waals surface area contributed by atoms with E-state index in [1.165, 1.54) is 26.1 Å². The maximum absolute atomic E-state index is 13.2. The van der Waals surface area contributed by atoms with Gasteiger partial charge in [-0.15, -0.1) is 0 Å². The first-order valence-electron chi connectivity index (χ1n) is 10.9. The van der Waals surface area contributed by atoms with Crippen molar-refractivity contribution in [3.05, 3.63) is 56.5 Å². The lowest BCUT2D eigenvalue weighted by Gasteiger charge is -2.22. The molecule has 1 atom stereocenters. The average molecular weight is 462 g/mol. The van der Waals surface area contributed by atoms with Crippen LogP contribution in [-0.4, -0.2) is 35.1 Å². The summed E-state index contributed by atoms with van der Waals surface area (Å²) in [4.78, 5) is 32.9. The monoisotopic (exact) mass is 462 g/mol. The summed E-state index contributed by atoms with van der Waals surface area (Å²) in [7, 11) is 0. The number of H-pyrrole nitrogens is 1. The third-order valence-electron chi connectivity index (χ3n) is 5.81. The van der Waals surface area contributed by atoms with Crippen molar-refractivity contribution in [3.63, 3.8) is 0 Å². The Kier molecular flexibility index (Phi) is 5.89. The summed E-state index contributed by atoms with van der Waals surface area (Å²) in [5.74, 6) is -0.215. The van der Waals surface area contributed by atoms with Crippen LogP contribution in [0.4, 0.5) is 13.2 Å². The third kappa shape index (κ3) is 4.19. The van der Waals surface area contributed by atoms with Gasteiger partial charge in [0.05, 0.1) is 18.3 Å². The number of fused-ring (bicyclic) bond motifs is 1. The summed E-state index contributed by atoms with van der Waals surface area (Å²) in [6.07, 6.45) is 2.75. The van der Waals surface area contributed by atoms with Crippen molar-refractivity contribution in [3.8, 4) is 11.4 Å². The van der Waals surface area contributed by atoms with Crippen molar-refractivity contribution in [2.75, 3.05) is 0 Å². The summed E-state index contributed by atoms with van der Waals surface area (Å²) in [6.45, 7) is 6.08. The number of rotatable bonds is 6. The second-order valence-electron chi connectivity index (χ2n) is 8.21. The Bertz CT molecular complexity index is 1370. The molecule has 8 nitrogen and oxygen atoms in total. The van der Waals surface area contributed by atoms with Gasteiger partial charge in [0.1, 0.15) is 11.3 Å². The first-order chi connectivity index (χ1) is 15.6. The van der Waals surface area contributed by atoms with E-state index in [1.54, 1.807) is 26.1 Å². The van der Waals surface area contributed by atoms with Gasteiger partial charge in [-0.25, -0.2) is 9.78 Å². The van der Waals surface area contributed by atoms with Crippen molar-refractivity contribution in [1.29, 1.82) is 0 Å². The van der Waals surface area contributed by atoms with Crippen LogP contribution in [0.2, 0.25) is 0 Å². The van der Waals surface area contributed by atoms with Crippen LogP contribution in [-0.2, 0) is 19.6 Å². The largest absolute Gasteiger partial charge is 0.412 e. The number of alkyl halides is 3. The van der Waals surface area contributed by atoms with Crippen molar-refractivity contribution >= 4 is 11.2 Å². The molecule has 0 aromatic carbocycles. The Labute approximate surface area is 187 Å². The molecule has 0 saturated heterocycles. The molecular formula is C22H25F3N6O2. The summed E-state index contributed by atoms with van der Waals surface area (Å²) in [5, 5.41) is 4.25. The van der Waals surface area contributed by atoms with Crippen LogP contribution in [0.1, 0.15) is 33.6 Å². The highest BCUT2D eigenvalue weighted by Gasteiger charge is 2.37. The molecule has 176 valence electrons. The van der Waals surface area contributed by atoms with E-state index < -0.39 is 28.9 Å². The van der Waals surface area contributed by atoms with E-state index in [-0.39, 0.29) is 17.7 Å². The lowest BCUT2D eigenvalue weighted by atomic mass is 9.89. The second kappa shape index (κ2) is 8.53. The minimum atomic E-state index is -4.36. The molecule has 4 rings (SSSR count). The standard InChI is InChI=1S/C22H25F3N6O2/c1-4-8-31-20(32)17-19(30(5-2)21(31)33)28-18(27-17)15-10-26-29(12-15)11-14-7-6-13(3)16(9-14)22(23,24)25/h7,9-10,12-13H,4-6,8,11H2,1-3H3,(H,27,28).